The Morgan fingerprint density at radius 3 is 2.12 bits per heavy atom. The summed E-state index contributed by atoms with van der Waals surface area (Å²) in [7, 11) is 1.40. The van der Waals surface area contributed by atoms with Gasteiger partial charge in [0.25, 0.3) is 0 Å². The minimum atomic E-state index is -3.00. The summed E-state index contributed by atoms with van der Waals surface area (Å²) in [6.07, 6.45) is -1.19. The van der Waals surface area contributed by atoms with E-state index in [1.54, 1.807) is 18.2 Å². The molecule has 0 bridgehead atoms. The largest absolute Gasteiger partial charge is 0.435 e. The van der Waals surface area contributed by atoms with Gasteiger partial charge in [0.1, 0.15) is 29.2 Å². The van der Waals surface area contributed by atoms with Crippen molar-refractivity contribution in [2.45, 2.75) is 19.1 Å². The van der Waals surface area contributed by atoms with E-state index in [4.69, 9.17) is 4.74 Å². The second-order valence-electron chi connectivity index (χ2n) is 7.15. The first-order valence-electron chi connectivity index (χ1n) is 10.0. The number of hydrogen-bond donors (Lipinski definition) is 1. The Hall–Kier alpha value is -4.08. The molecule has 34 heavy (non-hydrogen) atoms. The van der Waals surface area contributed by atoms with Gasteiger partial charge in [0.15, 0.2) is 0 Å². The van der Waals surface area contributed by atoms with E-state index in [1.807, 2.05) is 0 Å². The van der Waals surface area contributed by atoms with Crippen LogP contribution < -0.4 is 19.7 Å². The van der Waals surface area contributed by atoms with Crippen molar-refractivity contribution in [3.8, 4) is 11.5 Å². The number of benzene rings is 3. The van der Waals surface area contributed by atoms with Crippen LogP contribution in [0, 0.1) is 11.6 Å². The molecule has 1 unspecified atom stereocenters. The number of ether oxygens (including phenoxy) is 2. The Morgan fingerprint density at radius 2 is 1.53 bits per heavy atom. The highest BCUT2D eigenvalue weighted by molar-refractivity contribution is 5.98. The smallest absolute Gasteiger partial charge is 0.413 e. The quantitative estimate of drug-likeness (QED) is 0.469. The molecule has 0 radical (unpaired) electrons. The highest BCUT2D eigenvalue weighted by Gasteiger charge is 2.26. The Kier molecular flexibility index (Phi) is 8.07. The summed E-state index contributed by atoms with van der Waals surface area (Å²) in [5, 5.41) is 2.42. The Morgan fingerprint density at radius 1 is 0.912 bits per heavy atom. The molecule has 0 saturated carbocycles. The fourth-order valence-corrected chi connectivity index (χ4v) is 3.14. The van der Waals surface area contributed by atoms with E-state index in [-0.39, 0.29) is 23.5 Å². The molecule has 0 aliphatic rings. The summed E-state index contributed by atoms with van der Waals surface area (Å²) in [6, 6.07) is 14.8. The van der Waals surface area contributed by atoms with Crippen LogP contribution in [0.4, 0.5) is 28.0 Å². The van der Waals surface area contributed by atoms with Crippen LogP contribution in [0.1, 0.15) is 5.56 Å². The van der Waals surface area contributed by atoms with E-state index in [9.17, 15) is 27.2 Å². The zero-order valence-electron chi connectivity index (χ0n) is 17.9. The monoisotopic (exact) mass is 476 g/mol. The Bertz CT molecular complexity index is 1110. The summed E-state index contributed by atoms with van der Waals surface area (Å²) in [4.78, 5) is 26.8. The summed E-state index contributed by atoms with van der Waals surface area (Å²) in [5.41, 5.74) is 0.435. The number of anilines is 1. The van der Waals surface area contributed by atoms with Crippen molar-refractivity contribution in [1.29, 1.82) is 0 Å². The fraction of sp³-hybridized carbons (Fsp3) is 0.167. The van der Waals surface area contributed by atoms with Gasteiger partial charge in [0, 0.05) is 25.2 Å². The van der Waals surface area contributed by atoms with E-state index < -0.39 is 36.3 Å². The minimum absolute atomic E-state index is 0.101. The van der Waals surface area contributed by atoms with Crippen LogP contribution in [0.2, 0.25) is 0 Å². The van der Waals surface area contributed by atoms with Gasteiger partial charge in [-0.25, -0.2) is 13.6 Å². The lowest BCUT2D eigenvalue weighted by Crippen LogP contribution is -2.49. The molecule has 0 fully saturated rings. The predicted molar refractivity (Wildman–Crippen MR) is 116 cm³/mol. The number of alkyl halides is 2. The third-order valence-corrected chi connectivity index (χ3v) is 4.69. The number of nitrogens with one attached hydrogen (secondary N) is 1. The van der Waals surface area contributed by atoms with Crippen molar-refractivity contribution < 1.29 is 36.6 Å². The van der Waals surface area contributed by atoms with Gasteiger partial charge in [-0.05, 0) is 54.1 Å². The average Bonchev–Trinajstić information content (AvgIpc) is 2.78. The maximum atomic E-state index is 13.7. The topological polar surface area (TPSA) is 67.9 Å². The lowest BCUT2D eigenvalue weighted by molar-refractivity contribution is -0.120. The van der Waals surface area contributed by atoms with Gasteiger partial charge in [0.05, 0.1) is 0 Å². The standard InChI is InChI=1S/C24H20F4N2O4/c1-30(18-7-9-20(10-8-18)33-23(27)28)22(31)21(13-15-11-16(25)14-17(26)12-15)29-24(32)34-19-5-3-2-4-6-19/h2-12,14,21,23H,13H2,1H3,(H,29,32). The molecule has 0 aliphatic heterocycles. The van der Waals surface area contributed by atoms with E-state index in [0.29, 0.717) is 11.8 Å². The number of amides is 2. The van der Waals surface area contributed by atoms with Crippen molar-refractivity contribution in [3.63, 3.8) is 0 Å². The van der Waals surface area contributed by atoms with Crippen molar-refractivity contribution in [1.82, 2.24) is 5.32 Å². The Balaban J connectivity index is 1.80. The van der Waals surface area contributed by atoms with Crippen molar-refractivity contribution in [2.75, 3.05) is 11.9 Å². The number of carbonyl (C=O) groups excluding carboxylic acids is 2. The van der Waals surface area contributed by atoms with Gasteiger partial charge in [-0.3, -0.25) is 4.79 Å². The van der Waals surface area contributed by atoms with E-state index in [2.05, 4.69) is 10.1 Å². The Labute approximate surface area is 192 Å². The van der Waals surface area contributed by atoms with Crippen LogP contribution in [-0.4, -0.2) is 31.7 Å². The maximum Gasteiger partial charge on any atom is 0.413 e. The van der Waals surface area contributed by atoms with Crippen LogP contribution in [0.15, 0.2) is 72.8 Å². The molecule has 6 nitrogen and oxygen atoms in total. The molecule has 3 rings (SSSR count). The predicted octanol–water partition coefficient (Wildman–Crippen LogP) is 4.93. The number of hydrogen-bond acceptors (Lipinski definition) is 4. The number of likely N-dealkylation sites (N-methyl/N-ethyl adjacent to an activating group) is 1. The SMILES string of the molecule is CN(C(=O)C(Cc1cc(F)cc(F)c1)NC(=O)Oc1ccccc1)c1ccc(OC(F)F)cc1. The molecule has 0 heterocycles. The molecule has 1 atom stereocenters. The number of halogens is 4. The normalized spacial score (nSPS) is 11.6. The third-order valence-electron chi connectivity index (χ3n) is 4.69. The molecule has 0 aliphatic carbocycles. The molecular weight excluding hydrogens is 456 g/mol. The van der Waals surface area contributed by atoms with Gasteiger partial charge in [-0.2, -0.15) is 8.78 Å². The first-order chi connectivity index (χ1) is 16.2. The lowest BCUT2D eigenvalue weighted by atomic mass is 10.0. The maximum absolute atomic E-state index is 13.7. The number of nitrogens with zero attached hydrogens (tertiary/aromatic N) is 1. The van der Waals surface area contributed by atoms with E-state index in [0.717, 1.165) is 17.0 Å². The number of rotatable bonds is 8. The third kappa shape index (κ3) is 6.96. The fourth-order valence-electron chi connectivity index (χ4n) is 3.14. The molecule has 0 saturated heterocycles. The van der Waals surface area contributed by atoms with Gasteiger partial charge < -0.3 is 19.7 Å². The second kappa shape index (κ2) is 11.2. The number of carbonyl (C=O) groups is 2. The lowest BCUT2D eigenvalue weighted by Gasteiger charge is -2.25. The van der Waals surface area contributed by atoms with Gasteiger partial charge >= 0.3 is 12.7 Å². The first kappa shape index (κ1) is 24.6. The summed E-state index contributed by atoms with van der Waals surface area (Å²) >= 11 is 0. The molecule has 0 spiro atoms. The molecular formula is C24H20F4N2O4. The minimum Gasteiger partial charge on any atom is -0.435 e. The van der Waals surface area contributed by atoms with E-state index in [1.165, 1.54) is 43.4 Å². The molecule has 3 aromatic rings. The van der Waals surface area contributed by atoms with E-state index >= 15 is 0 Å². The summed E-state index contributed by atoms with van der Waals surface area (Å²) in [6.45, 7) is -3.00. The number of para-hydroxylation sites is 1. The zero-order chi connectivity index (χ0) is 24.7. The van der Waals surface area contributed by atoms with Crippen LogP contribution >= 0.6 is 0 Å². The molecule has 3 aromatic carbocycles. The van der Waals surface area contributed by atoms with Crippen LogP contribution in [0.3, 0.4) is 0 Å². The van der Waals surface area contributed by atoms with Crippen molar-refractivity contribution >= 4 is 17.7 Å². The zero-order valence-corrected chi connectivity index (χ0v) is 17.9. The second-order valence-corrected chi connectivity index (χ2v) is 7.15. The summed E-state index contributed by atoms with van der Waals surface area (Å²) < 4.78 is 61.5. The highest BCUT2D eigenvalue weighted by Crippen LogP contribution is 2.21. The van der Waals surface area contributed by atoms with Gasteiger partial charge in [0.2, 0.25) is 5.91 Å². The molecule has 0 aromatic heterocycles. The van der Waals surface area contributed by atoms with Gasteiger partial charge in [-0.1, -0.05) is 18.2 Å². The first-order valence-corrected chi connectivity index (χ1v) is 10.0. The highest BCUT2D eigenvalue weighted by atomic mass is 19.3. The average molecular weight is 476 g/mol. The van der Waals surface area contributed by atoms with Crippen LogP contribution in [0.25, 0.3) is 0 Å². The van der Waals surface area contributed by atoms with Gasteiger partial charge in [-0.15, -0.1) is 0 Å². The summed E-state index contributed by atoms with van der Waals surface area (Å²) in [5.74, 6) is -2.19. The van der Waals surface area contributed by atoms with Crippen molar-refractivity contribution in [2.24, 2.45) is 0 Å². The molecule has 178 valence electrons. The van der Waals surface area contributed by atoms with Crippen molar-refractivity contribution in [3.05, 3.63) is 90.0 Å². The molecule has 10 heteroatoms. The molecule has 2 amide bonds. The van der Waals surface area contributed by atoms with Crippen LogP contribution in [0.5, 0.6) is 11.5 Å². The molecule has 1 N–H and O–H groups in total. The van der Waals surface area contributed by atoms with Crippen LogP contribution in [-0.2, 0) is 11.2 Å².